The minimum absolute atomic E-state index is 0.323. The minimum Gasteiger partial charge on any atom is -0.368 e. The van der Waals surface area contributed by atoms with E-state index in [-0.39, 0.29) is 0 Å². The van der Waals surface area contributed by atoms with Crippen LogP contribution in [-0.4, -0.2) is 17.9 Å². The van der Waals surface area contributed by atoms with Crippen LogP contribution >= 0.6 is 11.6 Å². The highest BCUT2D eigenvalue weighted by molar-refractivity contribution is 6.33. The van der Waals surface area contributed by atoms with Crippen molar-refractivity contribution >= 4 is 23.4 Å². The summed E-state index contributed by atoms with van der Waals surface area (Å²) >= 11 is 5.89. The zero-order chi connectivity index (χ0) is 13.5. The second-order valence-electron chi connectivity index (χ2n) is 3.77. The second kappa shape index (κ2) is 6.81. The first-order valence-electron chi connectivity index (χ1n) is 5.52. The maximum absolute atomic E-state index is 11.9. The van der Waals surface area contributed by atoms with E-state index in [1.54, 1.807) is 30.3 Å². The molecule has 0 heterocycles. The Hall–Kier alpha value is -1.81. The number of nitrogens with two attached hydrogens (primary N) is 1. The van der Waals surface area contributed by atoms with Gasteiger partial charge in [-0.3, -0.25) is 9.59 Å². The Morgan fingerprint density at radius 2 is 2.11 bits per heavy atom. The van der Waals surface area contributed by atoms with Crippen LogP contribution in [0.25, 0.3) is 0 Å². The number of benzene rings is 1. The maximum Gasteiger partial charge on any atom is 0.253 e. The molecule has 0 bridgehead atoms. The largest absolute Gasteiger partial charge is 0.368 e. The molecule has 0 aliphatic heterocycles. The van der Waals surface area contributed by atoms with Crippen LogP contribution in [0.2, 0.25) is 5.02 Å². The van der Waals surface area contributed by atoms with Crippen LogP contribution in [0.5, 0.6) is 0 Å². The average molecular weight is 267 g/mol. The Bertz CT molecular complexity index is 460. The molecule has 0 fully saturated rings. The van der Waals surface area contributed by atoms with Gasteiger partial charge in [0, 0.05) is 0 Å². The molecule has 0 aliphatic rings. The van der Waals surface area contributed by atoms with E-state index in [1.165, 1.54) is 0 Å². The van der Waals surface area contributed by atoms with E-state index in [0.29, 0.717) is 23.4 Å². The van der Waals surface area contributed by atoms with E-state index < -0.39 is 17.9 Å². The lowest BCUT2D eigenvalue weighted by molar-refractivity contribution is -0.119. The normalized spacial score (nSPS) is 11.6. The molecule has 0 spiro atoms. The topological polar surface area (TPSA) is 72.2 Å². The lowest BCUT2D eigenvalue weighted by Crippen LogP contribution is -2.44. The summed E-state index contributed by atoms with van der Waals surface area (Å²) in [6, 6.07) is 5.90. The van der Waals surface area contributed by atoms with Crippen LogP contribution < -0.4 is 11.1 Å². The summed E-state index contributed by atoms with van der Waals surface area (Å²) in [5, 5.41) is 2.90. The number of allylic oxidation sites excluding steroid dienone is 1. The number of carbonyl (C=O) groups is 2. The van der Waals surface area contributed by atoms with Gasteiger partial charge in [0.2, 0.25) is 5.91 Å². The molecule has 1 aromatic carbocycles. The van der Waals surface area contributed by atoms with E-state index in [2.05, 4.69) is 11.9 Å². The van der Waals surface area contributed by atoms with Gasteiger partial charge in [-0.1, -0.05) is 29.8 Å². The van der Waals surface area contributed by atoms with E-state index in [9.17, 15) is 9.59 Å². The van der Waals surface area contributed by atoms with Gasteiger partial charge in [0.15, 0.2) is 0 Å². The Morgan fingerprint density at radius 3 is 2.67 bits per heavy atom. The molecule has 2 amide bonds. The molecule has 1 aromatic rings. The van der Waals surface area contributed by atoms with Crippen LogP contribution in [-0.2, 0) is 4.79 Å². The van der Waals surface area contributed by atoms with Crippen LogP contribution in [0.15, 0.2) is 36.9 Å². The summed E-state index contributed by atoms with van der Waals surface area (Å²) in [5.74, 6) is -0.981. The lowest BCUT2D eigenvalue weighted by atomic mass is 10.1. The molecule has 0 aromatic heterocycles. The van der Waals surface area contributed by atoms with Crippen molar-refractivity contribution in [2.24, 2.45) is 5.73 Å². The van der Waals surface area contributed by atoms with Crippen molar-refractivity contribution in [3.8, 4) is 0 Å². The number of hydrogen-bond acceptors (Lipinski definition) is 2. The smallest absolute Gasteiger partial charge is 0.253 e. The van der Waals surface area contributed by atoms with Crippen molar-refractivity contribution in [2.45, 2.75) is 18.9 Å². The van der Waals surface area contributed by atoms with Gasteiger partial charge in [0.25, 0.3) is 5.91 Å². The molecule has 18 heavy (non-hydrogen) atoms. The van der Waals surface area contributed by atoms with Gasteiger partial charge in [0.05, 0.1) is 10.6 Å². The van der Waals surface area contributed by atoms with E-state index in [1.807, 2.05) is 0 Å². The van der Waals surface area contributed by atoms with Crippen molar-refractivity contribution < 1.29 is 9.59 Å². The Morgan fingerprint density at radius 1 is 1.44 bits per heavy atom. The molecule has 5 heteroatoms. The first kappa shape index (κ1) is 14.3. The molecular formula is C13H15ClN2O2. The van der Waals surface area contributed by atoms with Crippen LogP contribution in [0.3, 0.4) is 0 Å². The molecule has 3 N–H and O–H groups in total. The van der Waals surface area contributed by atoms with Crippen molar-refractivity contribution in [1.82, 2.24) is 5.32 Å². The number of rotatable bonds is 6. The summed E-state index contributed by atoms with van der Waals surface area (Å²) in [5.41, 5.74) is 5.54. The third-order valence-corrected chi connectivity index (χ3v) is 2.76. The zero-order valence-corrected chi connectivity index (χ0v) is 10.6. The van der Waals surface area contributed by atoms with Crippen molar-refractivity contribution in [1.29, 1.82) is 0 Å². The minimum atomic E-state index is -0.716. The highest BCUT2D eigenvalue weighted by atomic mass is 35.5. The zero-order valence-electron chi connectivity index (χ0n) is 9.86. The summed E-state index contributed by atoms with van der Waals surface area (Å²) in [6.45, 7) is 3.56. The van der Waals surface area contributed by atoms with E-state index in [4.69, 9.17) is 17.3 Å². The molecule has 1 rings (SSSR count). The Labute approximate surface area is 111 Å². The van der Waals surface area contributed by atoms with Gasteiger partial charge >= 0.3 is 0 Å². The quantitative estimate of drug-likeness (QED) is 0.772. The van der Waals surface area contributed by atoms with Gasteiger partial charge < -0.3 is 11.1 Å². The number of amides is 2. The summed E-state index contributed by atoms with van der Waals surface area (Å²) in [4.78, 5) is 23.1. The molecule has 4 nitrogen and oxygen atoms in total. The molecule has 0 saturated heterocycles. The molecule has 96 valence electrons. The van der Waals surface area contributed by atoms with Crippen molar-refractivity contribution in [3.05, 3.63) is 47.5 Å². The monoisotopic (exact) mass is 266 g/mol. The Kier molecular flexibility index (Phi) is 5.39. The number of nitrogens with one attached hydrogen (secondary N) is 1. The predicted octanol–water partition coefficient (Wildman–Crippen LogP) is 1.89. The fourth-order valence-corrected chi connectivity index (χ4v) is 1.67. The number of primary amides is 1. The van der Waals surface area contributed by atoms with Gasteiger partial charge in [0.1, 0.15) is 6.04 Å². The van der Waals surface area contributed by atoms with E-state index >= 15 is 0 Å². The number of carbonyl (C=O) groups excluding carboxylic acids is 2. The van der Waals surface area contributed by atoms with Crippen molar-refractivity contribution in [2.75, 3.05) is 0 Å². The van der Waals surface area contributed by atoms with Crippen LogP contribution in [0.1, 0.15) is 23.2 Å². The van der Waals surface area contributed by atoms with Crippen LogP contribution in [0.4, 0.5) is 0 Å². The SMILES string of the molecule is C=CCC[C@@H](NC(=O)c1ccccc1Cl)C(N)=O. The lowest BCUT2D eigenvalue weighted by Gasteiger charge is -2.15. The summed E-state index contributed by atoms with van der Waals surface area (Å²) in [7, 11) is 0. The fourth-order valence-electron chi connectivity index (χ4n) is 1.45. The molecule has 0 aliphatic carbocycles. The van der Waals surface area contributed by atoms with Gasteiger partial charge in [-0.05, 0) is 25.0 Å². The molecule has 1 atom stereocenters. The van der Waals surface area contributed by atoms with Gasteiger partial charge in [-0.2, -0.15) is 0 Å². The summed E-state index contributed by atoms with van der Waals surface area (Å²) in [6.07, 6.45) is 2.68. The molecule has 0 unspecified atom stereocenters. The summed E-state index contributed by atoms with van der Waals surface area (Å²) < 4.78 is 0. The second-order valence-corrected chi connectivity index (χ2v) is 4.18. The third-order valence-electron chi connectivity index (χ3n) is 2.43. The van der Waals surface area contributed by atoms with E-state index in [0.717, 1.165) is 0 Å². The molecule has 0 saturated carbocycles. The average Bonchev–Trinajstić information content (AvgIpc) is 2.34. The van der Waals surface area contributed by atoms with Crippen LogP contribution in [0, 0.1) is 0 Å². The number of halogens is 1. The van der Waals surface area contributed by atoms with Crippen molar-refractivity contribution in [3.63, 3.8) is 0 Å². The molecule has 0 radical (unpaired) electrons. The van der Waals surface area contributed by atoms with Gasteiger partial charge in [-0.15, -0.1) is 6.58 Å². The highest BCUT2D eigenvalue weighted by Crippen LogP contribution is 2.15. The number of hydrogen-bond donors (Lipinski definition) is 2. The highest BCUT2D eigenvalue weighted by Gasteiger charge is 2.19. The standard InChI is InChI=1S/C13H15ClN2O2/c1-2-3-8-11(12(15)17)16-13(18)9-6-4-5-7-10(9)14/h2,4-7,11H,1,3,8H2,(H2,15,17)(H,16,18)/t11-/m1/s1. The maximum atomic E-state index is 11.9. The molecular weight excluding hydrogens is 252 g/mol. The Balaban J connectivity index is 2.75. The first-order valence-corrected chi connectivity index (χ1v) is 5.89. The first-order chi connectivity index (χ1) is 8.56. The predicted molar refractivity (Wildman–Crippen MR) is 71.3 cm³/mol. The fraction of sp³-hybridized carbons (Fsp3) is 0.231. The third kappa shape index (κ3) is 3.89. The van der Waals surface area contributed by atoms with Gasteiger partial charge in [-0.25, -0.2) is 0 Å².